The first-order valence-electron chi connectivity index (χ1n) is 9.49. The molecule has 4 N–H and O–H groups in total. The van der Waals surface area contributed by atoms with E-state index < -0.39 is 10.0 Å². The zero-order valence-electron chi connectivity index (χ0n) is 17.0. The van der Waals surface area contributed by atoms with Gasteiger partial charge in [-0.15, -0.1) is 10.2 Å². The molecule has 1 aromatic heterocycles. The minimum Gasteiger partial charge on any atom is -0.349 e. The Morgan fingerprint density at radius 2 is 1.81 bits per heavy atom. The van der Waals surface area contributed by atoms with Crippen molar-refractivity contribution in [1.29, 1.82) is 0 Å². The van der Waals surface area contributed by atoms with Crippen molar-refractivity contribution in [2.45, 2.75) is 35.5 Å². The summed E-state index contributed by atoms with van der Waals surface area (Å²) in [4.78, 5) is 12.3. The number of hydrogen-bond acceptors (Lipinski definition) is 8. The summed E-state index contributed by atoms with van der Waals surface area (Å²) in [6, 6.07) is 14.0. The van der Waals surface area contributed by atoms with Crippen LogP contribution in [0.15, 0.2) is 57.8 Å². The molecule has 1 amide bonds. The maximum absolute atomic E-state index is 12.3. The van der Waals surface area contributed by atoms with Gasteiger partial charge in [-0.25, -0.2) is 13.6 Å². The number of anilines is 2. The van der Waals surface area contributed by atoms with Crippen LogP contribution in [0, 0.1) is 0 Å². The Bertz CT molecular complexity index is 1130. The highest BCUT2D eigenvalue weighted by Crippen LogP contribution is 2.28. The summed E-state index contributed by atoms with van der Waals surface area (Å²) >= 11 is 2.69. The average Bonchev–Trinajstić information content (AvgIpc) is 3.19. The topological polar surface area (TPSA) is 127 Å². The number of thioether (sulfide) groups is 1. The van der Waals surface area contributed by atoms with Crippen LogP contribution in [0.2, 0.25) is 0 Å². The highest BCUT2D eigenvalue weighted by atomic mass is 32.2. The van der Waals surface area contributed by atoms with Crippen LogP contribution in [-0.4, -0.2) is 30.3 Å². The molecule has 0 unspecified atom stereocenters. The number of sulfonamides is 1. The van der Waals surface area contributed by atoms with Gasteiger partial charge in [-0.2, -0.15) is 0 Å². The van der Waals surface area contributed by atoms with Crippen molar-refractivity contribution in [3.63, 3.8) is 0 Å². The number of aryl methyl sites for hydroxylation is 1. The molecule has 2 aromatic carbocycles. The molecule has 0 fully saturated rings. The van der Waals surface area contributed by atoms with Crippen LogP contribution in [0.3, 0.4) is 0 Å². The van der Waals surface area contributed by atoms with Gasteiger partial charge in [0.05, 0.1) is 16.7 Å². The number of primary sulfonamides is 1. The van der Waals surface area contributed by atoms with Gasteiger partial charge in [-0.05, 0) is 48.7 Å². The molecule has 0 bridgehead atoms. The lowest BCUT2D eigenvalue weighted by Gasteiger charge is -2.14. The Labute approximate surface area is 189 Å². The molecule has 1 heterocycles. The van der Waals surface area contributed by atoms with Gasteiger partial charge in [0.25, 0.3) is 0 Å². The van der Waals surface area contributed by atoms with E-state index in [2.05, 4.69) is 39.9 Å². The number of nitrogens with one attached hydrogen (secondary N) is 2. The standard InChI is InChI=1S/C20H23N5O3S3/c1-3-14-4-8-16(9-5-14)23-19-24-25-20(30-19)29-12-18(26)22-13(2)15-6-10-17(11-7-15)31(21,27)28/h4-11,13H,3,12H2,1-2H3,(H,22,26)(H,23,24)(H2,21,27,28)/t13-/m0/s1. The van der Waals surface area contributed by atoms with E-state index in [9.17, 15) is 13.2 Å². The predicted octanol–water partition coefficient (Wildman–Crippen LogP) is 3.46. The molecule has 0 saturated carbocycles. The van der Waals surface area contributed by atoms with Gasteiger partial charge in [0.15, 0.2) is 4.34 Å². The van der Waals surface area contributed by atoms with Gasteiger partial charge >= 0.3 is 0 Å². The van der Waals surface area contributed by atoms with Crippen molar-refractivity contribution in [2.24, 2.45) is 5.14 Å². The van der Waals surface area contributed by atoms with Crippen molar-refractivity contribution in [3.8, 4) is 0 Å². The van der Waals surface area contributed by atoms with Crippen LogP contribution >= 0.6 is 23.1 Å². The quantitative estimate of drug-likeness (QED) is 0.403. The first-order valence-corrected chi connectivity index (χ1v) is 12.8. The van der Waals surface area contributed by atoms with Crippen molar-refractivity contribution in [3.05, 3.63) is 59.7 Å². The van der Waals surface area contributed by atoms with Crippen molar-refractivity contribution in [2.75, 3.05) is 11.1 Å². The van der Waals surface area contributed by atoms with Crippen molar-refractivity contribution < 1.29 is 13.2 Å². The smallest absolute Gasteiger partial charge is 0.238 e. The lowest BCUT2D eigenvalue weighted by Crippen LogP contribution is -2.28. The summed E-state index contributed by atoms with van der Waals surface area (Å²) in [5.41, 5.74) is 2.98. The molecule has 0 radical (unpaired) electrons. The SMILES string of the molecule is CCc1ccc(Nc2nnc(SCC(=O)N[C@@H](C)c3ccc(S(N)(=O)=O)cc3)s2)cc1. The van der Waals surface area contributed by atoms with Crippen LogP contribution in [-0.2, 0) is 21.2 Å². The van der Waals surface area contributed by atoms with Gasteiger partial charge < -0.3 is 10.6 Å². The zero-order chi connectivity index (χ0) is 22.4. The summed E-state index contributed by atoms with van der Waals surface area (Å²) in [6.07, 6.45) is 0.988. The number of benzene rings is 2. The van der Waals surface area contributed by atoms with E-state index in [1.54, 1.807) is 12.1 Å². The predicted molar refractivity (Wildman–Crippen MR) is 124 cm³/mol. The van der Waals surface area contributed by atoms with E-state index in [0.29, 0.717) is 9.47 Å². The Balaban J connectivity index is 1.49. The molecular formula is C20H23N5O3S3. The molecule has 1 atom stereocenters. The first kappa shape index (κ1) is 23.2. The number of carbonyl (C=O) groups is 1. The monoisotopic (exact) mass is 477 g/mol. The zero-order valence-corrected chi connectivity index (χ0v) is 19.5. The van der Waals surface area contributed by atoms with Crippen LogP contribution in [0.25, 0.3) is 0 Å². The van der Waals surface area contributed by atoms with Crippen LogP contribution in [0.5, 0.6) is 0 Å². The number of amides is 1. The average molecular weight is 478 g/mol. The fourth-order valence-electron chi connectivity index (χ4n) is 2.71. The Morgan fingerprint density at radius 1 is 1.13 bits per heavy atom. The molecule has 0 saturated heterocycles. The minimum atomic E-state index is -3.74. The van der Waals surface area contributed by atoms with Crippen molar-refractivity contribution >= 4 is 49.8 Å². The largest absolute Gasteiger partial charge is 0.349 e. The Morgan fingerprint density at radius 3 is 2.42 bits per heavy atom. The van der Waals surface area contributed by atoms with E-state index in [1.807, 2.05) is 19.1 Å². The molecule has 8 nitrogen and oxygen atoms in total. The number of aromatic nitrogens is 2. The molecule has 3 aromatic rings. The van der Waals surface area contributed by atoms with Gasteiger partial charge in [0.1, 0.15) is 0 Å². The van der Waals surface area contributed by atoms with E-state index in [-0.39, 0.29) is 22.6 Å². The molecule has 31 heavy (non-hydrogen) atoms. The Kier molecular flexibility index (Phi) is 7.65. The number of nitrogens with zero attached hydrogens (tertiary/aromatic N) is 2. The van der Waals surface area contributed by atoms with Crippen LogP contribution in [0.4, 0.5) is 10.8 Å². The molecule has 0 aliphatic carbocycles. The first-order chi connectivity index (χ1) is 14.7. The van der Waals surface area contributed by atoms with Gasteiger partial charge in [-0.3, -0.25) is 4.79 Å². The molecular weight excluding hydrogens is 454 g/mol. The van der Waals surface area contributed by atoms with Gasteiger partial charge in [0, 0.05) is 5.69 Å². The molecule has 11 heteroatoms. The minimum absolute atomic E-state index is 0.0346. The maximum atomic E-state index is 12.3. The second-order valence-corrected chi connectivity index (χ2v) is 10.5. The highest BCUT2D eigenvalue weighted by molar-refractivity contribution is 8.01. The second kappa shape index (κ2) is 10.2. The van der Waals surface area contributed by atoms with Crippen LogP contribution < -0.4 is 15.8 Å². The molecule has 164 valence electrons. The number of rotatable bonds is 9. The molecule has 0 aliphatic heterocycles. The van der Waals surface area contributed by atoms with Gasteiger partial charge in [0.2, 0.25) is 21.1 Å². The molecule has 0 spiro atoms. The van der Waals surface area contributed by atoms with E-state index >= 15 is 0 Å². The third-order valence-electron chi connectivity index (χ3n) is 4.43. The highest BCUT2D eigenvalue weighted by Gasteiger charge is 2.14. The Hall–Kier alpha value is -2.47. The third-order valence-corrected chi connectivity index (χ3v) is 7.33. The number of carbonyl (C=O) groups excluding carboxylic acids is 1. The fourth-order valence-corrected chi connectivity index (χ4v) is 4.80. The van der Waals surface area contributed by atoms with Crippen LogP contribution in [0.1, 0.15) is 31.0 Å². The summed E-state index contributed by atoms with van der Waals surface area (Å²) in [5.74, 6) is 0.0345. The summed E-state index contributed by atoms with van der Waals surface area (Å²) in [7, 11) is -3.74. The lowest BCUT2D eigenvalue weighted by molar-refractivity contribution is -0.119. The lowest BCUT2D eigenvalue weighted by atomic mass is 10.1. The summed E-state index contributed by atoms with van der Waals surface area (Å²) < 4.78 is 23.4. The summed E-state index contributed by atoms with van der Waals surface area (Å²) in [5, 5.41) is 20.1. The molecule has 0 aliphatic rings. The number of hydrogen-bond donors (Lipinski definition) is 3. The van der Waals surface area contributed by atoms with Gasteiger partial charge in [-0.1, -0.05) is 54.3 Å². The normalized spacial score (nSPS) is 12.4. The number of nitrogens with two attached hydrogens (primary N) is 1. The van der Waals surface area contributed by atoms with E-state index in [0.717, 1.165) is 17.7 Å². The van der Waals surface area contributed by atoms with E-state index in [1.165, 1.54) is 40.8 Å². The maximum Gasteiger partial charge on any atom is 0.238 e. The fraction of sp³-hybridized carbons (Fsp3) is 0.250. The second-order valence-electron chi connectivity index (χ2n) is 6.74. The van der Waals surface area contributed by atoms with Crippen molar-refractivity contribution in [1.82, 2.24) is 15.5 Å². The summed E-state index contributed by atoms with van der Waals surface area (Å²) in [6.45, 7) is 3.93. The molecule has 3 rings (SSSR count). The third kappa shape index (κ3) is 6.76. The van der Waals surface area contributed by atoms with E-state index in [4.69, 9.17) is 5.14 Å².